The summed E-state index contributed by atoms with van der Waals surface area (Å²) in [5, 5.41) is 3.89. The molecule has 2 rings (SSSR count). The second kappa shape index (κ2) is 4.97. The molecular weight excluding hydrogens is 218 g/mol. The van der Waals surface area contributed by atoms with Crippen molar-refractivity contribution in [2.75, 3.05) is 7.11 Å². The van der Waals surface area contributed by atoms with Gasteiger partial charge in [0.15, 0.2) is 0 Å². The molecule has 2 aromatic rings. The topological polar surface area (TPSA) is 74.2 Å². The molecule has 0 radical (unpaired) electrons. The Balaban J connectivity index is 2.43. The Labute approximate surface area is 99.6 Å². The second-order valence-corrected chi connectivity index (χ2v) is 3.64. The summed E-state index contributed by atoms with van der Waals surface area (Å²) in [6.07, 6.45) is 0.922. The third-order valence-corrected chi connectivity index (χ3v) is 2.51. The molecule has 0 amide bonds. The molecule has 1 aromatic heterocycles. The van der Waals surface area contributed by atoms with Crippen molar-refractivity contribution in [3.63, 3.8) is 0 Å². The number of nitrogens with zero attached hydrogens (tertiary/aromatic N) is 2. The Hall–Kier alpha value is -1.88. The standard InChI is InChI=1S/C12H15N3O2/c1-3-8-4-9(6-10(5-8)16-2)12-14-11(7-13)17-15-12/h4-6H,3,7,13H2,1-2H3. The molecule has 17 heavy (non-hydrogen) atoms. The lowest BCUT2D eigenvalue weighted by Crippen LogP contribution is -1.96. The molecule has 0 saturated carbocycles. The van der Waals surface area contributed by atoms with Gasteiger partial charge in [0.05, 0.1) is 13.7 Å². The normalized spacial score (nSPS) is 10.5. The maximum Gasteiger partial charge on any atom is 0.240 e. The number of methoxy groups -OCH3 is 1. The monoisotopic (exact) mass is 233 g/mol. The van der Waals surface area contributed by atoms with Crippen LogP contribution < -0.4 is 10.5 Å². The van der Waals surface area contributed by atoms with Crippen LogP contribution in [0.25, 0.3) is 11.4 Å². The zero-order valence-electron chi connectivity index (χ0n) is 9.93. The molecule has 2 N–H and O–H groups in total. The molecule has 1 heterocycles. The first-order valence-corrected chi connectivity index (χ1v) is 5.47. The molecule has 0 aliphatic heterocycles. The van der Waals surface area contributed by atoms with Gasteiger partial charge in [0.25, 0.3) is 0 Å². The van der Waals surface area contributed by atoms with Crippen LogP contribution in [0.4, 0.5) is 0 Å². The van der Waals surface area contributed by atoms with Gasteiger partial charge in [-0.1, -0.05) is 12.1 Å². The van der Waals surface area contributed by atoms with Crippen LogP contribution in [0.15, 0.2) is 22.7 Å². The number of aromatic nitrogens is 2. The molecule has 90 valence electrons. The van der Waals surface area contributed by atoms with Gasteiger partial charge in [-0.25, -0.2) is 0 Å². The van der Waals surface area contributed by atoms with Gasteiger partial charge in [-0.3, -0.25) is 0 Å². The van der Waals surface area contributed by atoms with Crippen molar-refractivity contribution in [2.45, 2.75) is 19.9 Å². The Kier molecular flexibility index (Phi) is 3.39. The summed E-state index contributed by atoms with van der Waals surface area (Å²) < 4.78 is 10.2. The summed E-state index contributed by atoms with van der Waals surface area (Å²) in [7, 11) is 1.64. The lowest BCUT2D eigenvalue weighted by atomic mass is 10.1. The first-order valence-electron chi connectivity index (χ1n) is 5.47. The highest BCUT2D eigenvalue weighted by atomic mass is 16.5. The lowest BCUT2D eigenvalue weighted by Gasteiger charge is -2.05. The van der Waals surface area contributed by atoms with Crippen LogP contribution in [0.1, 0.15) is 18.4 Å². The van der Waals surface area contributed by atoms with Crippen LogP contribution in [0.5, 0.6) is 5.75 Å². The summed E-state index contributed by atoms with van der Waals surface area (Å²) in [6.45, 7) is 2.33. The van der Waals surface area contributed by atoms with E-state index in [-0.39, 0.29) is 6.54 Å². The summed E-state index contributed by atoms with van der Waals surface area (Å²) in [5.74, 6) is 1.76. The third-order valence-electron chi connectivity index (χ3n) is 2.51. The van der Waals surface area contributed by atoms with Crippen LogP contribution in [-0.2, 0) is 13.0 Å². The molecule has 1 aromatic carbocycles. The van der Waals surface area contributed by atoms with Crippen molar-refractivity contribution in [3.05, 3.63) is 29.7 Å². The molecule has 0 fully saturated rings. The maximum absolute atomic E-state index is 5.43. The highest BCUT2D eigenvalue weighted by Gasteiger charge is 2.09. The number of hydrogen-bond donors (Lipinski definition) is 1. The largest absolute Gasteiger partial charge is 0.497 e. The lowest BCUT2D eigenvalue weighted by molar-refractivity contribution is 0.380. The molecule has 0 unspecified atom stereocenters. The van der Waals surface area contributed by atoms with Gasteiger partial charge in [0.1, 0.15) is 5.75 Å². The Morgan fingerprint density at radius 3 is 2.76 bits per heavy atom. The fourth-order valence-corrected chi connectivity index (χ4v) is 1.57. The van der Waals surface area contributed by atoms with Crippen molar-refractivity contribution in [1.29, 1.82) is 0 Å². The molecule has 0 aliphatic rings. The average molecular weight is 233 g/mol. The van der Waals surface area contributed by atoms with E-state index < -0.39 is 0 Å². The van der Waals surface area contributed by atoms with E-state index in [1.54, 1.807) is 7.11 Å². The molecule has 0 bridgehead atoms. The van der Waals surface area contributed by atoms with E-state index >= 15 is 0 Å². The molecular formula is C12H15N3O2. The predicted molar refractivity (Wildman–Crippen MR) is 63.6 cm³/mol. The van der Waals surface area contributed by atoms with Crippen molar-refractivity contribution in [3.8, 4) is 17.1 Å². The van der Waals surface area contributed by atoms with E-state index in [1.165, 1.54) is 5.56 Å². The molecule has 0 atom stereocenters. The zero-order valence-corrected chi connectivity index (χ0v) is 9.93. The number of nitrogens with two attached hydrogens (primary N) is 1. The van der Waals surface area contributed by atoms with E-state index in [1.807, 2.05) is 18.2 Å². The summed E-state index contributed by atoms with van der Waals surface area (Å²) in [5.41, 5.74) is 7.48. The summed E-state index contributed by atoms with van der Waals surface area (Å²) in [6, 6.07) is 5.89. The van der Waals surface area contributed by atoms with E-state index in [9.17, 15) is 0 Å². The Morgan fingerprint density at radius 1 is 1.35 bits per heavy atom. The molecule has 5 nitrogen and oxygen atoms in total. The van der Waals surface area contributed by atoms with Gasteiger partial charge in [-0.05, 0) is 30.2 Å². The predicted octanol–water partition coefficient (Wildman–Crippen LogP) is 1.77. The van der Waals surface area contributed by atoms with Crippen molar-refractivity contribution in [1.82, 2.24) is 10.1 Å². The van der Waals surface area contributed by atoms with Crippen molar-refractivity contribution >= 4 is 0 Å². The molecule has 0 aliphatic carbocycles. The molecule has 0 spiro atoms. The van der Waals surface area contributed by atoms with Crippen LogP contribution in [0.3, 0.4) is 0 Å². The Bertz CT molecular complexity index is 486. The smallest absolute Gasteiger partial charge is 0.240 e. The van der Waals surface area contributed by atoms with Gasteiger partial charge < -0.3 is 15.0 Å². The first-order chi connectivity index (χ1) is 8.26. The maximum atomic E-state index is 5.43. The quantitative estimate of drug-likeness (QED) is 0.871. The van der Waals surface area contributed by atoms with Gasteiger partial charge in [-0.2, -0.15) is 4.98 Å². The molecule has 5 heteroatoms. The summed E-state index contributed by atoms with van der Waals surface area (Å²) in [4.78, 5) is 4.19. The van der Waals surface area contributed by atoms with Gasteiger partial charge >= 0.3 is 0 Å². The van der Waals surface area contributed by atoms with Crippen molar-refractivity contribution in [2.24, 2.45) is 5.73 Å². The van der Waals surface area contributed by atoms with Crippen LogP contribution in [0.2, 0.25) is 0 Å². The SMILES string of the molecule is CCc1cc(OC)cc(-c2noc(CN)n2)c1. The van der Waals surface area contributed by atoms with Gasteiger partial charge in [0.2, 0.25) is 11.7 Å². The van der Waals surface area contributed by atoms with Crippen LogP contribution >= 0.6 is 0 Å². The fourth-order valence-electron chi connectivity index (χ4n) is 1.57. The summed E-state index contributed by atoms with van der Waals surface area (Å²) >= 11 is 0. The second-order valence-electron chi connectivity index (χ2n) is 3.64. The van der Waals surface area contributed by atoms with Crippen molar-refractivity contribution < 1.29 is 9.26 Å². The highest BCUT2D eigenvalue weighted by molar-refractivity contribution is 5.58. The van der Waals surface area contributed by atoms with Crippen LogP contribution in [0, 0.1) is 0 Å². The van der Waals surface area contributed by atoms with Gasteiger partial charge in [0, 0.05) is 5.56 Å². The Morgan fingerprint density at radius 2 is 2.18 bits per heavy atom. The van der Waals surface area contributed by atoms with E-state index in [4.69, 9.17) is 15.0 Å². The van der Waals surface area contributed by atoms with E-state index in [0.717, 1.165) is 17.7 Å². The highest BCUT2D eigenvalue weighted by Crippen LogP contribution is 2.24. The van der Waals surface area contributed by atoms with Crippen LogP contribution in [-0.4, -0.2) is 17.3 Å². The number of rotatable bonds is 4. The first kappa shape index (κ1) is 11.6. The van der Waals surface area contributed by atoms with E-state index in [0.29, 0.717) is 11.7 Å². The number of ether oxygens (including phenoxy) is 1. The third kappa shape index (κ3) is 2.45. The fraction of sp³-hybridized carbons (Fsp3) is 0.333. The van der Waals surface area contributed by atoms with E-state index in [2.05, 4.69) is 17.1 Å². The zero-order chi connectivity index (χ0) is 12.3. The minimum atomic E-state index is 0.248. The number of aryl methyl sites for hydroxylation is 1. The number of hydrogen-bond acceptors (Lipinski definition) is 5. The molecule has 0 saturated heterocycles. The average Bonchev–Trinajstić information content (AvgIpc) is 2.86. The number of benzene rings is 1. The van der Waals surface area contributed by atoms with Gasteiger partial charge in [-0.15, -0.1) is 0 Å². The minimum Gasteiger partial charge on any atom is -0.497 e. The minimum absolute atomic E-state index is 0.248.